The van der Waals surface area contributed by atoms with Crippen LogP contribution in [0.15, 0.2) is 21.9 Å². The van der Waals surface area contributed by atoms with Gasteiger partial charge in [-0.05, 0) is 43.9 Å². The number of nitrogens with one attached hydrogen (secondary N) is 1. The van der Waals surface area contributed by atoms with Gasteiger partial charge in [0.15, 0.2) is 0 Å². The lowest BCUT2D eigenvalue weighted by molar-refractivity contribution is -0.122. The van der Waals surface area contributed by atoms with Gasteiger partial charge in [0.2, 0.25) is 5.91 Å². The molecule has 3 rings (SSSR count). The first-order valence-electron chi connectivity index (χ1n) is 8.01. The van der Waals surface area contributed by atoms with E-state index in [1.807, 2.05) is 0 Å². The maximum Gasteiger partial charge on any atom is 0.331 e. The summed E-state index contributed by atoms with van der Waals surface area (Å²) in [4.78, 5) is 35.4. The van der Waals surface area contributed by atoms with Crippen molar-refractivity contribution in [3.05, 3.63) is 33.1 Å². The van der Waals surface area contributed by atoms with E-state index >= 15 is 0 Å². The summed E-state index contributed by atoms with van der Waals surface area (Å²) >= 11 is 0. The molecule has 120 valence electrons. The number of carbonyl (C=O) groups excluding carboxylic acids is 1. The lowest BCUT2D eigenvalue weighted by Gasteiger charge is -2.28. The first-order chi connectivity index (χ1) is 10.5. The van der Waals surface area contributed by atoms with Gasteiger partial charge in [0.05, 0.1) is 0 Å². The third-order valence-corrected chi connectivity index (χ3v) is 5.40. The molecule has 0 saturated heterocycles. The fraction of sp³-hybridized carbons (Fsp3) is 0.688. The number of nitrogens with zero attached hydrogens (tertiary/aromatic N) is 2. The lowest BCUT2D eigenvalue weighted by Crippen LogP contribution is -2.44. The molecule has 1 heterocycles. The Hall–Kier alpha value is -1.85. The van der Waals surface area contributed by atoms with E-state index in [0.29, 0.717) is 5.92 Å². The molecular formula is C16H23N3O3. The van der Waals surface area contributed by atoms with E-state index in [1.165, 1.54) is 49.6 Å². The normalized spacial score (nSPS) is 27.8. The highest BCUT2D eigenvalue weighted by Gasteiger charge is 2.42. The fourth-order valence-electron chi connectivity index (χ4n) is 4.20. The summed E-state index contributed by atoms with van der Waals surface area (Å²) in [5.74, 6) is 2.00. The molecule has 0 aliphatic heterocycles. The highest BCUT2D eigenvalue weighted by molar-refractivity contribution is 5.76. The van der Waals surface area contributed by atoms with Crippen molar-refractivity contribution < 1.29 is 4.79 Å². The van der Waals surface area contributed by atoms with Crippen LogP contribution in [-0.4, -0.2) is 21.1 Å². The Morgan fingerprint density at radius 2 is 2.14 bits per heavy atom. The summed E-state index contributed by atoms with van der Waals surface area (Å²) in [6, 6.07) is 1.44. The maximum absolute atomic E-state index is 12.2. The molecule has 6 nitrogen and oxygen atoms in total. The molecule has 1 aromatic heterocycles. The molecule has 6 heteroatoms. The molecule has 2 fully saturated rings. The molecule has 2 aliphatic rings. The Balaban J connectivity index is 1.62. The smallest absolute Gasteiger partial charge is 0.331 e. The summed E-state index contributed by atoms with van der Waals surface area (Å²) in [5, 5.41) is 3.03. The second kappa shape index (κ2) is 5.74. The molecule has 2 saturated carbocycles. The predicted molar refractivity (Wildman–Crippen MR) is 82.5 cm³/mol. The quantitative estimate of drug-likeness (QED) is 0.880. The number of aromatic nitrogens is 2. The Morgan fingerprint density at radius 3 is 2.77 bits per heavy atom. The predicted octanol–water partition coefficient (Wildman–Crippen LogP) is 0.488. The summed E-state index contributed by atoms with van der Waals surface area (Å²) in [5.41, 5.74) is -0.827. The van der Waals surface area contributed by atoms with Gasteiger partial charge in [0.25, 0.3) is 5.56 Å². The molecule has 4 unspecified atom stereocenters. The SMILES string of the molecule is CC(NC(=O)Cn1ccc(=O)n(C)c1=O)C1CC2CCC1C2. The zero-order valence-corrected chi connectivity index (χ0v) is 13.1. The number of carbonyl (C=O) groups is 1. The van der Waals surface area contributed by atoms with Gasteiger partial charge < -0.3 is 5.32 Å². The van der Waals surface area contributed by atoms with Crippen molar-refractivity contribution in [2.24, 2.45) is 24.8 Å². The summed E-state index contributed by atoms with van der Waals surface area (Å²) in [6.45, 7) is 2.02. The van der Waals surface area contributed by atoms with Crippen LogP contribution in [0.25, 0.3) is 0 Å². The zero-order chi connectivity index (χ0) is 15.9. The van der Waals surface area contributed by atoms with Gasteiger partial charge >= 0.3 is 5.69 Å². The Kier molecular flexibility index (Phi) is 3.93. The van der Waals surface area contributed by atoms with Crippen LogP contribution in [0, 0.1) is 17.8 Å². The van der Waals surface area contributed by atoms with Gasteiger partial charge in [0.1, 0.15) is 6.54 Å². The van der Waals surface area contributed by atoms with E-state index in [1.54, 1.807) is 0 Å². The molecule has 1 N–H and O–H groups in total. The molecule has 1 aromatic rings. The number of fused-ring (bicyclic) bond motifs is 2. The molecule has 0 radical (unpaired) electrons. The summed E-state index contributed by atoms with van der Waals surface area (Å²) < 4.78 is 2.27. The van der Waals surface area contributed by atoms with Crippen molar-refractivity contribution in [2.45, 2.75) is 45.2 Å². The van der Waals surface area contributed by atoms with Gasteiger partial charge in [-0.2, -0.15) is 0 Å². The van der Waals surface area contributed by atoms with Gasteiger partial charge in [-0.3, -0.25) is 18.7 Å². The highest BCUT2D eigenvalue weighted by Crippen LogP contribution is 2.49. The topological polar surface area (TPSA) is 73.1 Å². The average Bonchev–Trinajstić information content (AvgIpc) is 3.10. The standard InChI is InChI=1S/C16H23N3O3/c1-10(13-8-11-3-4-12(13)7-11)17-14(20)9-19-6-5-15(21)18(2)16(19)22/h5-6,10-13H,3-4,7-9H2,1-2H3,(H,17,20). The minimum atomic E-state index is -0.463. The molecule has 1 amide bonds. The summed E-state index contributed by atoms with van der Waals surface area (Å²) in [6.07, 6.45) is 6.54. The first kappa shape index (κ1) is 15.1. The molecule has 2 aliphatic carbocycles. The van der Waals surface area contributed by atoms with Crippen LogP contribution < -0.4 is 16.6 Å². The molecule has 0 spiro atoms. The second-order valence-electron chi connectivity index (χ2n) is 6.82. The van der Waals surface area contributed by atoms with Crippen LogP contribution in [0.4, 0.5) is 0 Å². The minimum Gasteiger partial charge on any atom is -0.352 e. The van der Waals surface area contributed by atoms with Gasteiger partial charge in [0, 0.05) is 25.4 Å². The first-order valence-corrected chi connectivity index (χ1v) is 8.01. The second-order valence-corrected chi connectivity index (χ2v) is 6.82. The van der Waals surface area contributed by atoms with Crippen LogP contribution in [0.2, 0.25) is 0 Å². The Bertz CT molecular complexity index is 691. The van der Waals surface area contributed by atoms with Crippen molar-refractivity contribution in [1.29, 1.82) is 0 Å². The molecular weight excluding hydrogens is 282 g/mol. The fourth-order valence-corrected chi connectivity index (χ4v) is 4.20. The van der Waals surface area contributed by atoms with Gasteiger partial charge in [-0.15, -0.1) is 0 Å². The van der Waals surface area contributed by atoms with Crippen LogP contribution in [0.5, 0.6) is 0 Å². The van der Waals surface area contributed by atoms with Crippen molar-refractivity contribution in [1.82, 2.24) is 14.5 Å². The minimum absolute atomic E-state index is 0.0435. The third-order valence-electron chi connectivity index (χ3n) is 5.40. The van der Waals surface area contributed by atoms with Crippen LogP contribution in [0.1, 0.15) is 32.6 Å². The largest absolute Gasteiger partial charge is 0.352 e. The average molecular weight is 305 g/mol. The number of hydrogen-bond acceptors (Lipinski definition) is 3. The highest BCUT2D eigenvalue weighted by atomic mass is 16.2. The van der Waals surface area contributed by atoms with Crippen LogP contribution in [0.3, 0.4) is 0 Å². The number of rotatable bonds is 4. The van der Waals surface area contributed by atoms with E-state index in [-0.39, 0.29) is 24.1 Å². The monoisotopic (exact) mass is 305 g/mol. The molecule has 22 heavy (non-hydrogen) atoms. The third kappa shape index (κ3) is 2.74. The van der Waals surface area contributed by atoms with E-state index in [0.717, 1.165) is 16.4 Å². The van der Waals surface area contributed by atoms with Gasteiger partial charge in [-0.25, -0.2) is 4.79 Å². The zero-order valence-electron chi connectivity index (χ0n) is 13.1. The van der Waals surface area contributed by atoms with Crippen LogP contribution >= 0.6 is 0 Å². The van der Waals surface area contributed by atoms with Crippen molar-refractivity contribution >= 4 is 5.91 Å². The van der Waals surface area contributed by atoms with E-state index in [9.17, 15) is 14.4 Å². The van der Waals surface area contributed by atoms with E-state index in [4.69, 9.17) is 0 Å². The van der Waals surface area contributed by atoms with Crippen LogP contribution in [-0.2, 0) is 18.4 Å². The Morgan fingerprint density at radius 1 is 1.36 bits per heavy atom. The maximum atomic E-state index is 12.2. The molecule has 4 atom stereocenters. The molecule has 2 bridgehead atoms. The summed E-state index contributed by atoms with van der Waals surface area (Å²) in [7, 11) is 1.41. The van der Waals surface area contributed by atoms with E-state index in [2.05, 4.69) is 12.2 Å². The van der Waals surface area contributed by atoms with Crippen molar-refractivity contribution in [2.75, 3.05) is 0 Å². The number of hydrogen-bond donors (Lipinski definition) is 1. The lowest BCUT2D eigenvalue weighted by atomic mass is 9.84. The number of amides is 1. The van der Waals surface area contributed by atoms with Crippen molar-refractivity contribution in [3.63, 3.8) is 0 Å². The Labute approximate surface area is 129 Å². The van der Waals surface area contributed by atoms with Gasteiger partial charge in [-0.1, -0.05) is 6.42 Å². The molecule has 0 aromatic carbocycles. The van der Waals surface area contributed by atoms with Crippen molar-refractivity contribution in [3.8, 4) is 0 Å². The van der Waals surface area contributed by atoms with E-state index < -0.39 is 5.69 Å².